The third kappa shape index (κ3) is 6.23. The fraction of sp³-hybridized carbons (Fsp3) is 0.522. The van der Waals surface area contributed by atoms with Crippen LogP contribution in [-0.4, -0.2) is 78.6 Å². The summed E-state index contributed by atoms with van der Waals surface area (Å²) in [6.45, 7) is 4.91. The number of benzene rings is 1. The van der Waals surface area contributed by atoms with E-state index in [1.165, 1.54) is 5.56 Å². The number of nitrogens with one attached hydrogen (secondary N) is 1. The molecule has 168 valence electrons. The maximum Gasteiger partial charge on any atom is 0.243 e. The number of aromatic nitrogens is 2. The molecule has 1 aliphatic heterocycles. The molecule has 1 N–H and O–H groups in total. The highest BCUT2D eigenvalue weighted by Gasteiger charge is 2.29. The largest absolute Gasteiger partial charge is 0.497 e. The first kappa shape index (κ1) is 22.7. The van der Waals surface area contributed by atoms with E-state index in [0.717, 1.165) is 44.2 Å². The smallest absolute Gasteiger partial charge is 0.243 e. The van der Waals surface area contributed by atoms with Gasteiger partial charge in [-0.15, -0.1) is 0 Å². The molecular weight excluding hydrogens is 392 g/mol. The van der Waals surface area contributed by atoms with Crippen LogP contribution in [-0.2, 0) is 11.2 Å². The molecule has 0 saturated carbocycles. The number of ether oxygens (including phenoxy) is 1. The van der Waals surface area contributed by atoms with Gasteiger partial charge < -0.3 is 24.4 Å². The van der Waals surface area contributed by atoms with Crippen LogP contribution >= 0.6 is 0 Å². The minimum Gasteiger partial charge on any atom is -0.497 e. The van der Waals surface area contributed by atoms with Crippen LogP contribution in [0.25, 0.3) is 0 Å². The highest BCUT2D eigenvalue weighted by molar-refractivity contribution is 5.85. The number of carbonyl (C=O) groups excluding carboxylic acids is 1. The first-order valence-electron chi connectivity index (χ1n) is 10.8. The fourth-order valence-electron chi connectivity index (χ4n) is 3.76. The van der Waals surface area contributed by atoms with E-state index in [4.69, 9.17) is 4.74 Å². The number of amides is 1. The van der Waals surface area contributed by atoms with Gasteiger partial charge in [-0.3, -0.25) is 4.79 Å². The first-order chi connectivity index (χ1) is 15.0. The van der Waals surface area contributed by atoms with E-state index in [9.17, 15) is 4.79 Å². The van der Waals surface area contributed by atoms with Gasteiger partial charge in [-0.1, -0.05) is 19.1 Å². The van der Waals surface area contributed by atoms with E-state index < -0.39 is 0 Å². The monoisotopic (exact) mass is 426 g/mol. The Kier molecular flexibility index (Phi) is 7.92. The van der Waals surface area contributed by atoms with Crippen molar-refractivity contribution in [3.05, 3.63) is 48.5 Å². The molecule has 0 bridgehead atoms. The molecule has 1 saturated heterocycles. The number of nitrogens with zero attached hydrogens (tertiary/aromatic N) is 5. The van der Waals surface area contributed by atoms with E-state index >= 15 is 0 Å². The summed E-state index contributed by atoms with van der Waals surface area (Å²) >= 11 is 0. The third-order valence-corrected chi connectivity index (χ3v) is 5.84. The Balaban J connectivity index is 1.67. The van der Waals surface area contributed by atoms with Crippen LogP contribution in [0.15, 0.2) is 48.0 Å². The predicted octanol–water partition coefficient (Wildman–Crippen LogP) is 2.05. The third-order valence-electron chi connectivity index (χ3n) is 5.84. The summed E-state index contributed by atoms with van der Waals surface area (Å²) in [5, 5.41) is 3.49. The average Bonchev–Trinajstić information content (AvgIpc) is 3.31. The second-order valence-corrected chi connectivity index (χ2v) is 8.24. The lowest BCUT2D eigenvalue weighted by Gasteiger charge is -2.39. The van der Waals surface area contributed by atoms with Gasteiger partial charge in [-0.2, -0.15) is 0 Å². The lowest BCUT2D eigenvalue weighted by atomic mass is 9.93. The molecule has 31 heavy (non-hydrogen) atoms. The van der Waals surface area contributed by atoms with Gasteiger partial charge in [0, 0.05) is 46.1 Å². The van der Waals surface area contributed by atoms with Crippen LogP contribution in [0.2, 0.25) is 0 Å². The molecule has 1 aliphatic rings. The van der Waals surface area contributed by atoms with E-state index in [2.05, 4.69) is 43.8 Å². The Morgan fingerprint density at radius 3 is 2.74 bits per heavy atom. The molecule has 1 aromatic carbocycles. The van der Waals surface area contributed by atoms with Crippen molar-refractivity contribution >= 4 is 11.9 Å². The minimum absolute atomic E-state index is 0.00834. The van der Waals surface area contributed by atoms with Crippen LogP contribution in [0.4, 0.5) is 0 Å². The quantitative estimate of drug-likeness (QED) is 0.542. The topological polar surface area (TPSA) is 75.0 Å². The molecule has 8 nitrogen and oxygen atoms in total. The molecule has 0 spiro atoms. The van der Waals surface area contributed by atoms with Crippen molar-refractivity contribution < 1.29 is 9.53 Å². The Morgan fingerprint density at radius 1 is 1.32 bits per heavy atom. The Hall–Kier alpha value is -3.03. The zero-order chi connectivity index (χ0) is 22.2. The Labute approximate surface area is 184 Å². The molecule has 1 aromatic heterocycles. The van der Waals surface area contributed by atoms with Gasteiger partial charge in [0.25, 0.3) is 0 Å². The summed E-state index contributed by atoms with van der Waals surface area (Å²) in [6, 6.07) is 8.42. The standard InChI is InChI=1S/C23H34N6O2/c1-18-10-13-28(16-21(18)29-14-12-24-17-29)23(26-15-22(30)27(2)3)25-11-9-19-5-7-20(31-4)8-6-19/h5-8,12,14,17-18,21H,9-11,13,15-16H2,1-4H3,(H,25,26). The van der Waals surface area contributed by atoms with Gasteiger partial charge in [-0.25, -0.2) is 9.98 Å². The number of likely N-dealkylation sites (N-methyl/N-ethyl adjacent to an activating group) is 1. The molecule has 1 fully saturated rings. The van der Waals surface area contributed by atoms with E-state index in [1.54, 1.807) is 26.1 Å². The number of imidazole rings is 1. The molecule has 1 amide bonds. The Bertz CT molecular complexity index is 847. The summed E-state index contributed by atoms with van der Waals surface area (Å²) in [6.07, 6.45) is 7.65. The molecular formula is C23H34N6O2. The van der Waals surface area contributed by atoms with Crippen molar-refractivity contribution in [1.29, 1.82) is 0 Å². The van der Waals surface area contributed by atoms with Gasteiger partial charge in [0.05, 0.1) is 19.5 Å². The van der Waals surface area contributed by atoms with E-state index in [-0.39, 0.29) is 12.5 Å². The van der Waals surface area contributed by atoms with Gasteiger partial charge in [0.2, 0.25) is 5.91 Å². The second-order valence-electron chi connectivity index (χ2n) is 8.24. The minimum atomic E-state index is -0.00834. The maximum absolute atomic E-state index is 12.1. The highest BCUT2D eigenvalue weighted by atomic mass is 16.5. The van der Waals surface area contributed by atoms with Crippen molar-refractivity contribution in [2.75, 3.05) is 47.4 Å². The SMILES string of the molecule is COc1ccc(CCNC(=NCC(=O)N(C)C)N2CCC(C)C(n3ccnc3)C2)cc1. The summed E-state index contributed by atoms with van der Waals surface area (Å²) in [4.78, 5) is 24.9. The first-order valence-corrected chi connectivity index (χ1v) is 10.8. The molecule has 0 aliphatic carbocycles. The van der Waals surface area contributed by atoms with Crippen LogP contribution in [0.1, 0.15) is 24.9 Å². The molecule has 8 heteroatoms. The normalized spacial score (nSPS) is 19.2. The number of methoxy groups -OCH3 is 1. The molecule has 2 unspecified atom stereocenters. The lowest BCUT2D eigenvalue weighted by molar-refractivity contribution is -0.127. The zero-order valence-electron chi connectivity index (χ0n) is 19.0. The summed E-state index contributed by atoms with van der Waals surface area (Å²) in [7, 11) is 5.18. The second kappa shape index (κ2) is 10.8. The highest BCUT2D eigenvalue weighted by Crippen LogP contribution is 2.27. The number of guanidine groups is 1. The molecule has 2 aromatic rings. The Morgan fingerprint density at radius 2 is 2.10 bits per heavy atom. The van der Waals surface area contributed by atoms with Crippen molar-refractivity contribution in [3.63, 3.8) is 0 Å². The van der Waals surface area contributed by atoms with Crippen LogP contribution in [0, 0.1) is 5.92 Å². The summed E-state index contributed by atoms with van der Waals surface area (Å²) < 4.78 is 7.41. The van der Waals surface area contributed by atoms with Crippen molar-refractivity contribution in [2.24, 2.45) is 10.9 Å². The van der Waals surface area contributed by atoms with Gasteiger partial charge in [0.15, 0.2) is 5.96 Å². The predicted molar refractivity (Wildman–Crippen MR) is 122 cm³/mol. The van der Waals surface area contributed by atoms with Crippen LogP contribution < -0.4 is 10.1 Å². The number of likely N-dealkylation sites (tertiary alicyclic amines) is 1. The number of carbonyl (C=O) groups is 1. The van der Waals surface area contributed by atoms with Gasteiger partial charge >= 0.3 is 0 Å². The number of hydrogen-bond acceptors (Lipinski definition) is 4. The van der Waals surface area contributed by atoms with Gasteiger partial charge in [0.1, 0.15) is 12.3 Å². The molecule has 2 heterocycles. The molecule has 3 rings (SSSR count). The molecule has 0 radical (unpaired) electrons. The van der Waals surface area contributed by atoms with Crippen molar-refractivity contribution in [1.82, 2.24) is 24.7 Å². The van der Waals surface area contributed by atoms with Crippen molar-refractivity contribution in [2.45, 2.75) is 25.8 Å². The summed E-state index contributed by atoms with van der Waals surface area (Å²) in [5.41, 5.74) is 1.22. The fourth-order valence-corrected chi connectivity index (χ4v) is 3.76. The lowest BCUT2D eigenvalue weighted by Crippen LogP contribution is -2.49. The van der Waals surface area contributed by atoms with Crippen LogP contribution in [0.3, 0.4) is 0 Å². The van der Waals surface area contributed by atoms with Crippen molar-refractivity contribution in [3.8, 4) is 5.75 Å². The summed E-state index contributed by atoms with van der Waals surface area (Å²) in [5.74, 6) is 2.19. The molecule has 2 atom stereocenters. The number of piperidine rings is 1. The van der Waals surface area contributed by atoms with Gasteiger partial charge in [-0.05, 0) is 36.5 Å². The number of rotatable bonds is 7. The zero-order valence-corrected chi connectivity index (χ0v) is 19.0. The number of hydrogen-bond donors (Lipinski definition) is 1. The van der Waals surface area contributed by atoms with E-state index in [1.807, 2.05) is 30.9 Å². The van der Waals surface area contributed by atoms with E-state index in [0.29, 0.717) is 12.0 Å². The average molecular weight is 427 g/mol. The number of aliphatic imine (C=N–C) groups is 1. The maximum atomic E-state index is 12.1. The van der Waals surface area contributed by atoms with Crippen LogP contribution in [0.5, 0.6) is 5.75 Å².